The summed E-state index contributed by atoms with van der Waals surface area (Å²) in [6, 6.07) is 11.7. The summed E-state index contributed by atoms with van der Waals surface area (Å²) < 4.78 is 0. The van der Waals surface area contributed by atoms with Gasteiger partial charge in [-0.05, 0) is 19.4 Å². The van der Waals surface area contributed by atoms with Crippen LogP contribution in [0.5, 0.6) is 0 Å². The van der Waals surface area contributed by atoms with Crippen molar-refractivity contribution in [1.29, 1.82) is 0 Å². The number of hydrogen-bond acceptors (Lipinski definition) is 2. The van der Waals surface area contributed by atoms with Crippen LogP contribution in [0.25, 0.3) is 6.08 Å². The van der Waals surface area contributed by atoms with Crippen molar-refractivity contribution in [2.75, 3.05) is 19.6 Å². The molecule has 0 saturated carbocycles. The second-order valence-electron chi connectivity index (χ2n) is 5.00. The second kappa shape index (κ2) is 5.99. The van der Waals surface area contributed by atoms with Crippen molar-refractivity contribution in [2.45, 2.75) is 25.9 Å². The molecule has 2 unspecified atom stereocenters. The van der Waals surface area contributed by atoms with E-state index in [1.165, 1.54) is 5.56 Å². The van der Waals surface area contributed by atoms with E-state index in [1.807, 2.05) is 0 Å². The summed E-state index contributed by atoms with van der Waals surface area (Å²) >= 11 is 0. The summed E-state index contributed by atoms with van der Waals surface area (Å²) in [7, 11) is 0. The molecule has 2 heteroatoms. The first-order chi connectivity index (χ1) is 8.24. The Labute approximate surface area is 104 Å². The molecule has 0 amide bonds. The monoisotopic (exact) mass is 230 g/mol. The van der Waals surface area contributed by atoms with Crippen LogP contribution in [0.15, 0.2) is 36.4 Å². The van der Waals surface area contributed by atoms with Crippen LogP contribution in [-0.4, -0.2) is 36.6 Å². The molecule has 1 heterocycles. The summed E-state index contributed by atoms with van der Waals surface area (Å²) in [5, 5.41) is 3.55. The molecule has 1 aliphatic rings. The maximum Gasteiger partial charge on any atom is 0.0169 e. The van der Waals surface area contributed by atoms with Gasteiger partial charge in [0.1, 0.15) is 0 Å². The fraction of sp³-hybridized carbons (Fsp3) is 0.467. The maximum absolute atomic E-state index is 3.55. The zero-order chi connectivity index (χ0) is 12.1. The van der Waals surface area contributed by atoms with Gasteiger partial charge in [0, 0.05) is 31.7 Å². The molecule has 1 aliphatic heterocycles. The van der Waals surface area contributed by atoms with E-state index in [1.54, 1.807) is 0 Å². The van der Waals surface area contributed by atoms with Crippen LogP contribution in [0.3, 0.4) is 0 Å². The lowest BCUT2D eigenvalue weighted by Crippen LogP contribution is -2.54. The lowest BCUT2D eigenvalue weighted by Gasteiger charge is -2.35. The van der Waals surface area contributed by atoms with E-state index in [2.05, 4.69) is 66.5 Å². The van der Waals surface area contributed by atoms with E-state index in [0.29, 0.717) is 12.1 Å². The summed E-state index contributed by atoms with van der Waals surface area (Å²) in [5.41, 5.74) is 1.28. The van der Waals surface area contributed by atoms with Crippen molar-refractivity contribution in [3.63, 3.8) is 0 Å². The Kier molecular flexibility index (Phi) is 4.35. The number of nitrogens with zero attached hydrogens (tertiary/aromatic N) is 1. The lowest BCUT2D eigenvalue weighted by molar-refractivity contribution is 0.190. The van der Waals surface area contributed by atoms with Gasteiger partial charge in [-0.25, -0.2) is 0 Å². The Hall–Kier alpha value is -1.12. The largest absolute Gasteiger partial charge is 0.309 e. The first-order valence-corrected chi connectivity index (χ1v) is 6.44. The third kappa shape index (κ3) is 3.99. The molecule has 1 aromatic carbocycles. The van der Waals surface area contributed by atoms with Crippen LogP contribution >= 0.6 is 0 Å². The fourth-order valence-corrected chi connectivity index (χ4v) is 2.49. The van der Waals surface area contributed by atoms with E-state index >= 15 is 0 Å². The Morgan fingerprint density at radius 1 is 1.18 bits per heavy atom. The van der Waals surface area contributed by atoms with Crippen molar-refractivity contribution < 1.29 is 0 Å². The quantitative estimate of drug-likeness (QED) is 0.857. The first-order valence-electron chi connectivity index (χ1n) is 6.44. The average Bonchev–Trinajstić information content (AvgIpc) is 2.29. The van der Waals surface area contributed by atoms with Gasteiger partial charge in [0.15, 0.2) is 0 Å². The Morgan fingerprint density at radius 2 is 1.82 bits per heavy atom. The van der Waals surface area contributed by atoms with Gasteiger partial charge in [-0.2, -0.15) is 0 Å². The van der Waals surface area contributed by atoms with Crippen molar-refractivity contribution in [3.05, 3.63) is 42.0 Å². The van der Waals surface area contributed by atoms with Gasteiger partial charge >= 0.3 is 0 Å². The predicted molar refractivity (Wildman–Crippen MR) is 74.0 cm³/mol. The topological polar surface area (TPSA) is 15.3 Å². The van der Waals surface area contributed by atoms with Gasteiger partial charge in [-0.1, -0.05) is 42.5 Å². The van der Waals surface area contributed by atoms with Gasteiger partial charge < -0.3 is 5.32 Å². The number of benzene rings is 1. The molecule has 17 heavy (non-hydrogen) atoms. The molecule has 92 valence electrons. The average molecular weight is 230 g/mol. The van der Waals surface area contributed by atoms with Crippen molar-refractivity contribution in [2.24, 2.45) is 0 Å². The van der Waals surface area contributed by atoms with Crippen LogP contribution in [0, 0.1) is 0 Å². The highest BCUT2D eigenvalue weighted by atomic mass is 15.2. The lowest BCUT2D eigenvalue weighted by atomic mass is 10.1. The number of hydrogen-bond donors (Lipinski definition) is 1. The van der Waals surface area contributed by atoms with Gasteiger partial charge in [0.25, 0.3) is 0 Å². The molecule has 1 saturated heterocycles. The molecule has 1 fully saturated rings. The van der Waals surface area contributed by atoms with Gasteiger partial charge in [0.2, 0.25) is 0 Å². The van der Waals surface area contributed by atoms with Crippen LogP contribution in [0.2, 0.25) is 0 Å². The Bertz CT molecular complexity index is 348. The van der Waals surface area contributed by atoms with Gasteiger partial charge in [-0.3, -0.25) is 4.90 Å². The molecule has 0 radical (unpaired) electrons. The van der Waals surface area contributed by atoms with Gasteiger partial charge in [-0.15, -0.1) is 0 Å². The molecule has 2 nitrogen and oxygen atoms in total. The zero-order valence-corrected chi connectivity index (χ0v) is 10.8. The summed E-state index contributed by atoms with van der Waals surface area (Å²) in [4.78, 5) is 2.51. The summed E-state index contributed by atoms with van der Waals surface area (Å²) in [5.74, 6) is 0. The predicted octanol–water partition coefficient (Wildman–Crippen LogP) is 2.38. The van der Waals surface area contributed by atoms with E-state index in [-0.39, 0.29) is 0 Å². The number of nitrogens with one attached hydrogen (secondary N) is 1. The molecule has 0 bridgehead atoms. The Morgan fingerprint density at radius 3 is 2.47 bits per heavy atom. The minimum absolute atomic E-state index is 0.601. The smallest absolute Gasteiger partial charge is 0.0169 e. The highest BCUT2D eigenvalue weighted by Crippen LogP contribution is 2.05. The molecule has 2 atom stereocenters. The van der Waals surface area contributed by atoms with Gasteiger partial charge in [0.05, 0.1) is 0 Å². The van der Waals surface area contributed by atoms with Crippen LogP contribution in [-0.2, 0) is 0 Å². The van der Waals surface area contributed by atoms with Crippen LogP contribution in [0.4, 0.5) is 0 Å². The highest BCUT2D eigenvalue weighted by Gasteiger charge is 2.19. The minimum atomic E-state index is 0.601. The normalized spacial score (nSPS) is 26.5. The molecular weight excluding hydrogens is 208 g/mol. The number of piperazine rings is 1. The molecule has 2 rings (SSSR count). The van der Waals surface area contributed by atoms with Crippen LogP contribution in [0.1, 0.15) is 19.4 Å². The van der Waals surface area contributed by atoms with E-state index < -0.39 is 0 Å². The Balaban J connectivity index is 1.83. The van der Waals surface area contributed by atoms with E-state index in [0.717, 1.165) is 19.6 Å². The van der Waals surface area contributed by atoms with Crippen LogP contribution < -0.4 is 5.32 Å². The first kappa shape index (κ1) is 12.3. The van der Waals surface area contributed by atoms with Crippen molar-refractivity contribution >= 4 is 6.08 Å². The molecule has 0 aliphatic carbocycles. The third-order valence-corrected chi connectivity index (χ3v) is 3.11. The minimum Gasteiger partial charge on any atom is -0.309 e. The summed E-state index contributed by atoms with van der Waals surface area (Å²) in [6.07, 6.45) is 4.47. The SMILES string of the molecule is CC1CN(CC=Cc2ccccc2)CC(C)N1. The molecule has 1 N–H and O–H groups in total. The third-order valence-electron chi connectivity index (χ3n) is 3.11. The highest BCUT2D eigenvalue weighted by molar-refractivity contribution is 5.48. The summed E-state index contributed by atoms with van der Waals surface area (Å²) in [6.45, 7) is 7.84. The maximum atomic E-state index is 3.55. The van der Waals surface area contributed by atoms with Crippen molar-refractivity contribution in [1.82, 2.24) is 10.2 Å². The molecule has 1 aromatic rings. The number of rotatable bonds is 3. The molecule has 0 aromatic heterocycles. The zero-order valence-electron chi connectivity index (χ0n) is 10.8. The fourth-order valence-electron chi connectivity index (χ4n) is 2.49. The van der Waals surface area contributed by atoms with E-state index in [4.69, 9.17) is 0 Å². The molecular formula is C15H22N2. The van der Waals surface area contributed by atoms with Crippen molar-refractivity contribution in [3.8, 4) is 0 Å². The standard InChI is InChI=1S/C15H22N2/c1-13-11-17(12-14(2)16-13)10-6-9-15-7-4-3-5-8-15/h3-9,13-14,16H,10-12H2,1-2H3. The molecule has 0 spiro atoms. The second-order valence-corrected chi connectivity index (χ2v) is 5.00. The van der Waals surface area contributed by atoms with E-state index in [9.17, 15) is 0 Å².